The number of hydrogen-bond donors (Lipinski definition) is 2. The number of ether oxygens (including phenoxy) is 1. The van der Waals surface area contributed by atoms with Crippen LogP contribution in [0.5, 0.6) is 11.6 Å². The van der Waals surface area contributed by atoms with E-state index in [0.29, 0.717) is 4.47 Å². The number of halogens is 2. The van der Waals surface area contributed by atoms with Crippen LogP contribution in [0.15, 0.2) is 28.9 Å². The quantitative estimate of drug-likeness (QED) is 0.489. The van der Waals surface area contributed by atoms with Crippen LogP contribution < -0.4 is 16.0 Å². The fourth-order valence-corrected chi connectivity index (χ4v) is 1.77. The summed E-state index contributed by atoms with van der Waals surface area (Å²) in [5, 5.41) is 10.7. The summed E-state index contributed by atoms with van der Waals surface area (Å²) in [6.45, 7) is 0. The Kier molecular flexibility index (Phi) is 4.32. The van der Waals surface area contributed by atoms with Gasteiger partial charge in [-0.2, -0.15) is 4.98 Å². The maximum absolute atomic E-state index is 10.6. The average molecular weight is 361 g/mol. The van der Waals surface area contributed by atoms with Crippen molar-refractivity contribution in [3.8, 4) is 11.6 Å². The van der Waals surface area contributed by atoms with Gasteiger partial charge in [-0.05, 0) is 22.0 Å². The maximum Gasteiger partial charge on any atom is 0.271 e. The van der Waals surface area contributed by atoms with Crippen molar-refractivity contribution in [3.05, 3.63) is 44.0 Å². The third kappa shape index (κ3) is 3.13. The number of benzene rings is 1. The first-order valence-electron chi connectivity index (χ1n) is 5.12. The van der Waals surface area contributed by atoms with Crippen molar-refractivity contribution >= 4 is 39.2 Å². The van der Waals surface area contributed by atoms with E-state index in [9.17, 15) is 10.1 Å². The topological polar surface area (TPSA) is 116 Å². The number of nitrogens with zero attached hydrogens (tertiary/aromatic N) is 3. The average Bonchev–Trinajstić information content (AvgIpc) is 2.43. The molecule has 10 heteroatoms. The minimum absolute atomic E-state index is 0.0898. The highest BCUT2D eigenvalue weighted by atomic mass is 79.9. The predicted molar refractivity (Wildman–Crippen MR) is 75.7 cm³/mol. The van der Waals surface area contributed by atoms with Crippen LogP contribution >= 0.6 is 27.5 Å². The zero-order valence-corrected chi connectivity index (χ0v) is 12.1. The van der Waals surface area contributed by atoms with E-state index >= 15 is 0 Å². The minimum atomic E-state index is -0.549. The van der Waals surface area contributed by atoms with E-state index < -0.39 is 4.92 Å². The van der Waals surface area contributed by atoms with E-state index in [1.54, 1.807) is 0 Å². The maximum atomic E-state index is 10.6. The summed E-state index contributed by atoms with van der Waals surface area (Å²) in [4.78, 5) is 17.9. The Balaban J connectivity index is 2.32. The number of nitro groups is 1. The van der Waals surface area contributed by atoms with Gasteiger partial charge in [-0.25, -0.2) is 10.8 Å². The van der Waals surface area contributed by atoms with Gasteiger partial charge in [0.1, 0.15) is 5.75 Å². The van der Waals surface area contributed by atoms with E-state index in [-0.39, 0.29) is 28.3 Å². The summed E-state index contributed by atoms with van der Waals surface area (Å²) < 4.78 is 5.95. The van der Waals surface area contributed by atoms with Crippen LogP contribution in [0.1, 0.15) is 0 Å². The molecule has 2 rings (SSSR count). The molecule has 20 heavy (non-hydrogen) atoms. The summed E-state index contributed by atoms with van der Waals surface area (Å²) in [6, 6.07) is 3.84. The molecule has 1 aromatic heterocycles. The second-order valence-corrected chi connectivity index (χ2v) is 4.73. The summed E-state index contributed by atoms with van der Waals surface area (Å²) in [5.74, 6) is 5.74. The number of hydrazine groups is 1. The van der Waals surface area contributed by atoms with Crippen molar-refractivity contribution in [2.75, 3.05) is 5.43 Å². The molecular formula is C10H7BrClN5O3. The molecule has 0 aliphatic rings. The second kappa shape index (κ2) is 5.99. The van der Waals surface area contributed by atoms with E-state index in [1.807, 2.05) is 0 Å². The van der Waals surface area contributed by atoms with Gasteiger partial charge < -0.3 is 4.74 Å². The molecule has 0 unspecified atom stereocenters. The predicted octanol–water partition coefficient (Wildman–Crippen LogP) is 2.88. The number of nitrogen functional groups attached to an aromatic ring is 1. The van der Waals surface area contributed by atoms with Crippen molar-refractivity contribution in [2.45, 2.75) is 0 Å². The lowest BCUT2D eigenvalue weighted by Crippen LogP contribution is -2.10. The number of nitro benzene ring substituents is 1. The van der Waals surface area contributed by atoms with Crippen molar-refractivity contribution in [2.24, 2.45) is 5.84 Å². The van der Waals surface area contributed by atoms with Gasteiger partial charge in [0, 0.05) is 12.1 Å². The molecule has 8 nitrogen and oxygen atoms in total. The molecule has 0 amide bonds. The Morgan fingerprint density at radius 1 is 1.50 bits per heavy atom. The molecule has 1 heterocycles. The number of aromatic nitrogens is 2. The molecule has 1 aromatic carbocycles. The summed E-state index contributed by atoms with van der Waals surface area (Å²) in [7, 11) is 0. The first-order valence-corrected chi connectivity index (χ1v) is 6.29. The SMILES string of the molecule is NNc1ncc(Br)c(Oc2ccc([N+](=O)[O-])cc2Cl)n1. The number of non-ortho nitro benzene ring substituents is 1. The van der Waals surface area contributed by atoms with Gasteiger partial charge in [-0.3, -0.25) is 15.5 Å². The van der Waals surface area contributed by atoms with Crippen LogP contribution in [0.2, 0.25) is 5.02 Å². The van der Waals surface area contributed by atoms with Gasteiger partial charge >= 0.3 is 0 Å². The van der Waals surface area contributed by atoms with Crippen molar-refractivity contribution < 1.29 is 9.66 Å². The standard InChI is InChI=1S/C10H7BrClN5O3/c11-6-4-14-10(16-13)15-9(6)20-8-2-1-5(17(18)19)3-7(8)12/h1-4H,13H2,(H,14,15,16). The Morgan fingerprint density at radius 3 is 2.85 bits per heavy atom. The van der Waals surface area contributed by atoms with Gasteiger partial charge in [0.15, 0.2) is 0 Å². The Morgan fingerprint density at radius 2 is 2.25 bits per heavy atom. The minimum Gasteiger partial charge on any atom is -0.436 e. The summed E-state index contributed by atoms with van der Waals surface area (Å²) in [6.07, 6.45) is 1.44. The van der Waals surface area contributed by atoms with E-state index in [2.05, 4.69) is 31.3 Å². The molecule has 2 aromatic rings. The number of anilines is 1. The lowest BCUT2D eigenvalue weighted by atomic mass is 10.3. The summed E-state index contributed by atoms with van der Waals surface area (Å²) >= 11 is 9.13. The van der Waals surface area contributed by atoms with E-state index in [4.69, 9.17) is 22.2 Å². The molecule has 104 valence electrons. The van der Waals surface area contributed by atoms with Crippen molar-refractivity contribution in [3.63, 3.8) is 0 Å². The highest BCUT2D eigenvalue weighted by molar-refractivity contribution is 9.10. The molecule has 0 radical (unpaired) electrons. The molecule has 0 fully saturated rings. The molecule has 0 atom stereocenters. The Labute approximate surface area is 126 Å². The highest BCUT2D eigenvalue weighted by Gasteiger charge is 2.13. The van der Waals surface area contributed by atoms with Crippen LogP contribution in [0.3, 0.4) is 0 Å². The van der Waals surface area contributed by atoms with Gasteiger partial charge in [0.05, 0.1) is 20.6 Å². The monoisotopic (exact) mass is 359 g/mol. The zero-order valence-electron chi connectivity index (χ0n) is 9.71. The van der Waals surface area contributed by atoms with Crippen molar-refractivity contribution in [1.29, 1.82) is 0 Å². The van der Waals surface area contributed by atoms with Crippen LogP contribution in [0.25, 0.3) is 0 Å². The highest BCUT2D eigenvalue weighted by Crippen LogP contribution is 2.34. The second-order valence-electron chi connectivity index (χ2n) is 3.46. The van der Waals surface area contributed by atoms with Crippen LogP contribution in [-0.4, -0.2) is 14.9 Å². The number of rotatable bonds is 4. The molecule has 0 saturated heterocycles. The van der Waals surface area contributed by atoms with Crippen LogP contribution in [0, 0.1) is 10.1 Å². The third-order valence-electron chi connectivity index (χ3n) is 2.17. The Hall–Kier alpha value is -1.97. The molecule has 0 saturated carbocycles. The van der Waals surface area contributed by atoms with Gasteiger partial charge in [0.25, 0.3) is 5.69 Å². The molecule has 3 N–H and O–H groups in total. The smallest absolute Gasteiger partial charge is 0.271 e. The van der Waals surface area contributed by atoms with Crippen LogP contribution in [0.4, 0.5) is 11.6 Å². The lowest BCUT2D eigenvalue weighted by Gasteiger charge is -2.08. The van der Waals surface area contributed by atoms with Crippen molar-refractivity contribution in [1.82, 2.24) is 9.97 Å². The van der Waals surface area contributed by atoms with Gasteiger partial charge in [-0.1, -0.05) is 11.6 Å². The number of hydrogen-bond acceptors (Lipinski definition) is 7. The third-order valence-corrected chi connectivity index (χ3v) is 3.01. The fourth-order valence-electron chi connectivity index (χ4n) is 1.28. The zero-order chi connectivity index (χ0) is 14.7. The summed E-state index contributed by atoms with van der Waals surface area (Å²) in [5.41, 5.74) is 2.14. The lowest BCUT2D eigenvalue weighted by molar-refractivity contribution is -0.384. The number of nitrogens with one attached hydrogen (secondary N) is 1. The normalized spacial score (nSPS) is 10.2. The van der Waals surface area contributed by atoms with Gasteiger partial charge in [0.2, 0.25) is 11.8 Å². The van der Waals surface area contributed by atoms with E-state index in [0.717, 1.165) is 0 Å². The molecule has 0 spiro atoms. The number of nitrogens with two attached hydrogens (primary N) is 1. The molecular weight excluding hydrogens is 353 g/mol. The largest absolute Gasteiger partial charge is 0.436 e. The fraction of sp³-hybridized carbons (Fsp3) is 0. The molecule has 0 bridgehead atoms. The molecule has 0 aliphatic carbocycles. The first kappa shape index (κ1) is 14.4. The van der Waals surface area contributed by atoms with Gasteiger partial charge in [-0.15, -0.1) is 0 Å². The van der Waals surface area contributed by atoms with Crippen LogP contribution in [-0.2, 0) is 0 Å². The Bertz CT molecular complexity index is 669. The molecule has 0 aliphatic heterocycles. The van der Waals surface area contributed by atoms with E-state index in [1.165, 1.54) is 24.4 Å². The first-order chi connectivity index (χ1) is 9.51.